The molecular weight excluding hydrogens is 340 g/mol. The number of nitrogens with zero attached hydrogens (tertiary/aromatic N) is 6. The lowest BCUT2D eigenvalue weighted by Gasteiger charge is -2.37. The standard InChI is InChI=1S/C20H24N6O/c1-14-12-26(7-6-24(14)2)20(27)9-19-21-10-16-5-4-15(8-18(16)23-19)17-11-22-25(3)13-17/h4-5,8,10-11,13-14H,6-7,9,12H2,1-3H3/t14-/m1/s1. The number of fused-ring (bicyclic) bond motifs is 1. The van der Waals surface area contributed by atoms with Crippen LogP contribution >= 0.6 is 0 Å². The zero-order valence-electron chi connectivity index (χ0n) is 16.0. The Balaban J connectivity index is 1.54. The third-order valence-electron chi connectivity index (χ3n) is 5.29. The molecule has 1 aliphatic heterocycles. The topological polar surface area (TPSA) is 67.2 Å². The second kappa shape index (κ2) is 7.08. The molecule has 7 heteroatoms. The van der Waals surface area contributed by atoms with Crippen molar-refractivity contribution in [3.63, 3.8) is 0 Å². The molecule has 3 aromatic rings. The lowest BCUT2D eigenvalue weighted by molar-refractivity contribution is -0.133. The molecule has 1 atom stereocenters. The first-order valence-electron chi connectivity index (χ1n) is 9.22. The molecule has 0 radical (unpaired) electrons. The van der Waals surface area contributed by atoms with Crippen LogP contribution in [0.3, 0.4) is 0 Å². The number of carbonyl (C=O) groups excluding carboxylic acids is 1. The van der Waals surface area contributed by atoms with Crippen molar-refractivity contribution in [2.24, 2.45) is 7.05 Å². The van der Waals surface area contributed by atoms with Gasteiger partial charge in [0.05, 0.1) is 18.1 Å². The maximum atomic E-state index is 12.7. The summed E-state index contributed by atoms with van der Waals surface area (Å²) < 4.78 is 1.78. The van der Waals surface area contributed by atoms with Crippen LogP contribution in [0.15, 0.2) is 36.8 Å². The number of carbonyl (C=O) groups is 1. The molecule has 4 rings (SSSR count). The van der Waals surface area contributed by atoms with Crippen molar-refractivity contribution in [2.75, 3.05) is 26.7 Å². The monoisotopic (exact) mass is 364 g/mol. The predicted octanol–water partition coefficient (Wildman–Crippen LogP) is 1.74. The molecule has 27 heavy (non-hydrogen) atoms. The molecule has 2 aromatic heterocycles. The predicted molar refractivity (Wildman–Crippen MR) is 104 cm³/mol. The summed E-state index contributed by atoms with van der Waals surface area (Å²) in [4.78, 5) is 25.9. The second-order valence-electron chi connectivity index (χ2n) is 7.31. The van der Waals surface area contributed by atoms with E-state index in [-0.39, 0.29) is 12.3 Å². The molecule has 0 N–H and O–H groups in total. The van der Waals surface area contributed by atoms with Crippen LogP contribution in [0.25, 0.3) is 22.0 Å². The van der Waals surface area contributed by atoms with Gasteiger partial charge in [0.2, 0.25) is 5.91 Å². The Morgan fingerprint density at radius 2 is 2.04 bits per heavy atom. The minimum atomic E-state index is 0.0951. The van der Waals surface area contributed by atoms with E-state index < -0.39 is 0 Å². The van der Waals surface area contributed by atoms with E-state index in [0.29, 0.717) is 11.9 Å². The summed E-state index contributed by atoms with van der Waals surface area (Å²) in [5.74, 6) is 0.667. The average Bonchev–Trinajstić information content (AvgIpc) is 3.09. The number of piperazine rings is 1. The summed E-state index contributed by atoms with van der Waals surface area (Å²) in [6.07, 6.45) is 5.84. The maximum Gasteiger partial charge on any atom is 0.230 e. The molecule has 1 aliphatic rings. The number of hydrogen-bond donors (Lipinski definition) is 0. The highest BCUT2D eigenvalue weighted by Gasteiger charge is 2.24. The van der Waals surface area contributed by atoms with E-state index in [9.17, 15) is 4.79 Å². The Kier molecular flexibility index (Phi) is 4.61. The van der Waals surface area contributed by atoms with Crippen molar-refractivity contribution in [1.29, 1.82) is 0 Å². The van der Waals surface area contributed by atoms with Gasteiger partial charge in [-0.3, -0.25) is 9.48 Å². The summed E-state index contributed by atoms with van der Waals surface area (Å²) in [6, 6.07) is 6.45. The van der Waals surface area contributed by atoms with Crippen molar-refractivity contribution >= 4 is 16.8 Å². The molecule has 140 valence electrons. The van der Waals surface area contributed by atoms with Crippen LogP contribution in [-0.4, -0.2) is 68.2 Å². The van der Waals surface area contributed by atoms with Gasteiger partial charge in [0, 0.05) is 56.1 Å². The quantitative estimate of drug-likeness (QED) is 0.708. The van der Waals surface area contributed by atoms with Gasteiger partial charge in [0.1, 0.15) is 5.82 Å². The normalized spacial score (nSPS) is 18.2. The highest BCUT2D eigenvalue weighted by Crippen LogP contribution is 2.23. The summed E-state index contributed by atoms with van der Waals surface area (Å²) >= 11 is 0. The zero-order valence-corrected chi connectivity index (χ0v) is 16.0. The van der Waals surface area contributed by atoms with E-state index in [2.05, 4.69) is 33.9 Å². The van der Waals surface area contributed by atoms with E-state index in [1.54, 1.807) is 10.9 Å². The number of aryl methyl sites for hydroxylation is 1. The first kappa shape index (κ1) is 17.6. The molecule has 0 unspecified atom stereocenters. The van der Waals surface area contributed by atoms with Crippen LogP contribution in [0.1, 0.15) is 12.7 Å². The molecular formula is C20H24N6O. The van der Waals surface area contributed by atoms with Gasteiger partial charge in [0.15, 0.2) is 0 Å². The minimum Gasteiger partial charge on any atom is -0.339 e. The van der Waals surface area contributed by atoms with Gasteiger partial charge >= 0.3 is 0 Å². The SMILES string of the molecule is C[C@@H]1CN(C(=O)Cc2ncc3ccc(-c4cnn(C)c4)cc3n2)CCN1C. The Bertz CT molecular complexity index is 982. The molecule has 0 saturated carbocycles. The zero-order chi connectivity index (χ0) is 19.0. The number of benzene rings is 1. The van der Waals surface area contributed by atoms with Gasteiger partial charge in [-0.05, 0) is 25.6 Å². The Morgan fingerprint density at radius 1 is 1.19 bits per heavy atom. The summed E-state index contributed by atoms with van der Waals surface area (Å²) in [7, 11) is 3.99. The van der Waals surface area contributed by atoms with E-state index in [0.717, 1.165) is 41.7 Å². The van der Waals surface area contributed by atoms with Crippen molar-refractivity contribution < 1.29 is 4.79 Å². The Labute approximate surface area is 158 Å². The van der Waals surface area contributed by atoms with E-state index >= 15 is 0 Å². The fraction of sp³-hybridized carbons (Fsp3) is 0.400. The van der Waals surface area contributed by atoms with E-state index in [1.807, 2.05) is 42.5 Å². The van der Waals surface area contributed by atoms with Crippen molar-refractivity contribution in [3.05, 3.63) is 42.6 Å². The first-order chi connectivity index (χ1) is 13.0. The summed E-state index contributed by atoms with van der Waals surface area (Å²) in [5.41, 5.74) is 2.95. The molecule has 1 amide bonds. The van der Waals surface area contributed by atoms with Crippen LogP contribution in [0.2, 0.25) is 0 Å². The molecule has 1 saturated heterocycles. The molecule has 0 bridgehead atoms. The fourth-order valence-electron chi connectivity index (χ4n) is 3.42. The lowest BCUT2D eigenvalue weighted by Crippen LogP contribution is -2.52. The lowest BCUT2D eigenvalue weighted by atomic mass is 10.1. The number of aromatic nitrogens is 4. The molecule has 1 fully saturated rings. The van der Waals surface area contributed by atoms with Gasteiger partial charge in [-0.2, -0.15) is 5.10 Å². The molecule has 7 nitrogen and oxygen atoms in total. The van der Waals surface area contributed by atoms with Crippen LogP contribution in [0, 0.1) is 0 Å². The number of rotatable bonds is 3. The third-order valence-corrected chi connectivity index (χ3v) is 5.29. The van der Waals surface area contributed by atoms with Gasteiger partial charge in [-0.15, -0.1) is 0 Å². The Morgan fingerprint density at radius 3 is 2.78 bits per heavy atom. The van der Waals surface area contributed by atoms with Crippen LogP contribution < -0.4 is 0 Å². The number of amides is 1. The number of hydrogen-bond acceptors (Lipinski definition) is 5. The van der Waals surface area contributed by atoms with Gasteiger partial charge in [-0.1, -0.05) is 12.1 Å². The maximum absolute atomic E-state index is 12.7. The largest absolute Gasteiger partial charge is 0.339 e. The van der Waals surface area contributed by atoms with E-state index in [4.69, 9.17) is 0 Å². The summed E-state index contributed by atoms with van der Waals surface area (Å²) in [6.45, 7) is 4.57. The van der Waals surface area contributed by atoms with Gasteiger partial charge in [-0.25, -0.2) is 9.97 Å². The van der Waals surface area contributed by atoms with Crippen molar-refractivity contribution in [2.45, 2.75) is 19.4 Å². The second-order valence-corrected chi connectivity index (χ2v) is 7.31. The van der Waals surface area contributed by atoms with Gasteiger partial charge in [0.25, 0.3) is 0 Å². The number of likely N-dealkylation sites (N-methyl/N-ethyl adjacent to an activating group) is 1. The molecule has 0 spiro atoms. The van der Waals surface area contributed by atoms with Crippen molar-refractivity contribution in [3.8, 4) is 11.1 Å². The highest BCUT2D eigenvalue weighted by molar-refractivity contribution is 5.84. The van der Waals surface area contributed by atoms with Crippen LogP contribution in [0.5, 0.6) is 0 Å². The van der Waals surface area contributed by atoms with Gasteiger partial charge < -0.3 is 9.80 Å². The first-order valence-corrected chi connectivity index (χ1v) is 9.22. The molecule has 3 heterocycles. The van der Waals surface area contributed by atoms with Crippen LogP contribution in [-0.2, 0) is 18.3 Å². The van der Waals surface area contributed by atoms with Crippen LogP contribution in [0.4, 0.5) is 0 Å². The van der Waals surface area contributed by atoms with Crippen molar-refractivity contribution in [1.82, 2.24) is 29.5 Å². The fourth-order valence-corrected chi connectivity index (χ4v) is 3.42. The molecule has 1 aromatic carbocycles. The third kappa shape index (κ3) is 3.68. The average molecular weight is 364 g/mol. The van der Waals surface area contributed by atoms with E-state index in [1.165, 1.54) is 0 Å². The molecule has 0 aliphatic carbocycles. The highest BCUT2D eigenvalue weighted by atomic mass is 16.2. The Hall–Kier alpha value is -2.80. The minimum absolute atomic E-state index is 0.0951. The smallest absolute Gasteiger partial charge is 0.230 e. The summed E-state index contributed by atoms with van der Waals surface area (Å²) in [5, 5.41) is 5.19.